The van der Waals surface area contributed by atoms with Gasteiger partial charge in [-0.05, 0) is 0 Å². The average molecular weight is 241 g/mol. The Labute approximate surface area is 98.3 Å². The Hall–Kier alpha value is -1.50. The summed E-state index contributed by atoms with van der Waals surface area (Å²) in [7, 11) is 0. The minimum Gasteiger partial charge on any atom is -0.367 e. The minimum absolute atomic E-state index is 0.0934. The second kappa shape index (κ2) is 6.89. The van der Waals surface area contributed by atoms with Crippen LogP contribution in [-0.4, -0.2) is 38.7 Å². The number of anilines is 1. The van der Waals surface area contributed by atoms with E-state index in [2.05, 4.69) is 22.0 Å². The van der Waals surface area contributed by atoms with Crippen LogP contribution in [-0.2, 0) is 11.3 Å². The van der Waals surface area contributed by atoms with Gasteiger partial charge in [0.25, 0.3) is 0 Å². The first-order chi connectivity index (χ1) is 7.72. The highest BCUT2D eigenvalue weighted by atomic mass is 32.2. The number of nitrogens with one attached hydrogen (secondary N) is 1. The maximum Gasteiger partial charge on any atom is 0.241 e. The zero-order chi connectivity index (χ0) is 11.8. The van der Waals surface area contributed by atoms with Gasteiger partial charge in [0.1, 0.15) is 12.9 Å². The number of amides is 1. The first-order valence-electron chi connectivity index (χ1n) is 4.82. The van der Waals surface area contributed by atoms with E-state index in [4.69, 9.17) is 5.73 Å². The molecular weight excluding hydrogens is 226 g/mol. The van der Waals surface area contributed by atoms with E-state index in [1.807, 2.05) is 6.08 Å². The van der Waals surface area contributed by atoms with Crippen molar-refractivity contribution >= 4 is 23.6 Å². The van der Waals surface area contributed by atoms with Gasteiger partial charge < -0.3 is 11.1 Å². The summed E-state index contributed by atoms with van der Waals surface area (Å²) >= 11 is 1.72. The fraction of sp³-hybridized carbons (Fsp3) is 0.444. The fourth-order valence-corrected chi connectivity index (χ4v) is 1.60. The lowest BCUT2D eigenvalue weighted by atomic mass is 10.5. The highest BCUT2D eigenvalue weighted by Gasteiger charge is 2.03. The Morgan fingerprint density at radius 1 is 1.75 bits per heavy atom. The first kappa shape index (κ1) is 12.6. The summed E-state index contributed by atoms with van der Waals surface area (Å²) in [6, 6.07) is 0. The summed E-state index contributed by atoms with van der Waals surface area (Å²) in [6.45, 7) is 4.40. The normalized spacial score (nSPS) is 10.0. The molecule has 0 aliphatic carbocycles. The number of nitrogens with zero attached hydrogens (tertiary/aromatic N) is 3. The third kappa shape index (κ3) is 4.83. The van der Waals surface area contributed by atoms with Crippen LogP contribution in [0.4, 0.5) is 5.95 Å². The molecule has 0 aliphatic heterocycles. The number of nitrogen functional groups attached to an aromatic ring is 1. The molecule has 0 spiro atoms. The molecule has 0 radical (unpaired) electrons. The SMILES string of the molecule is C=CCSCCNC(=O)Cn1cnc(N)n1. The van der Waals surface area contributed by atoms with Crippen molar-refractivity contribution in [2.24, 2.45) is 0 Å². The van der Waals surface area contributed by atoms with Crippen molar-refractivity contribution in [1.29, 1.82) is 0 Å². The number of hydrogen-bond acceptors (Lipinski definition) is 5. The van der Waals surface area contributed by atoms with Gasteiger partial charge in [-0.1, -0.05) is 6.08 Å². The quantitative estimate of drug-likeness (QED) is 0.514. The number of hydrogen-bond donors (Lipinski definition) is 2. The molecule has 3 N–H and O–H groups in total. The lowest BCUT2D eigenvalue weighted by Gasteiger charge is -2.03. The van der Waals surface area contributed by atoms with Gasteiger partial charge in [-0.3, -0.25) is 4.79 Å². The van der Waals surface area contributed by atoms with E-state index in [0.717, 1.165) is 11.5 Å². The molecule has 1 aromatic rings. The molecular formula is C9H15N5OS. The highest BCUT2D eigenvalue weighted by Crippen LogP contribution is 1.97. The minimum atomic E-state index is -0.0934. The molecule has 1 aromatic heterocycles. The summed E-state index contributed by atoms with van der Waals surface area (Å²) in [5, 5.41) is 6.59. The van der Waals surface area contributed by atoms with Crippen LogP contribution in [0.25, 0.3) is 0 Å². The number of thioether (sulfide) groups is 1. The monoisotopic (exact) mass is 241 g/mol. The van der Waals surface area contributed by atoms with Gasteiger partial charge in [-0.2, -0.15) is 11.8 Å². The maximum atomic E-state index is 11.4. The van der Waals surface area contributed by atoms with E-state index in [0.29, 0.717) is 6.54 Å². The van der Waals surface area contributed by atoms with Crippen molar-refractivity contribution in [3.63, 3.8) is 0 Å². The van der Waals surface area contributed by atoms with Crippen LogP contribution in [0.15, 0.2) is 19.0 Å². The largest absolute Gasteiger partial charge is 0.367 e. The third-order valence-corrected chi connectivity index (χ3v) is 2.63. The first-order valence-corrected chi connectivity index (χ1v) is 5.98. The molecule has 0 aliphatic rings. The Morgan fingerprint density at radius 2 is 2.56 bits per heavy atom. The van der Waals surface area contributed by atoms with Crippen LogP contribution in [0.3, 0.4) is 0 Å². The van der Waals surface area contributed by atoms with Crippen LogP contribution in [0.1, 0.15) is 0 Å². The molecule has 1 rings (SSSR count). The standard InChI is InChI=1S/C9H15N5OS/c1-2-4-16-5-3-11-8(15)6-14-7-12-9(10)13-14/h2,7H,1,3-6H2,(H2,10,13)(H,11,15). The number of carbonyl (C=O) groups excluding carboxylic acids is 1. The topological polar surface area (TPSA) is 85.8 Å². The molecule has 1 amide bonds. The van der Waals surface area contributed by atoms with Crippen molar-refractivity contribution in [3.8, 4) is 0 Å². The van der Waals surface area contributed by atoms with E-state index in [1.54, 1.807) is 11.8 Å². The maximum absolute atomic E-state index is 11.4. The second-order valence-electron chi connectivity index (χ2n) is 3.01. The van der Waals surface area contributed by atoms with Gasteiger partial charge >= 0.3 is 0 Å². The smallest absolute Gasteiger partial charge is 0.241 e. The van der Waals surface area contributed by atoms with Gasteiger partial charge in [0.2, 0.25) is 11.9 Å². The Morgan fingerprint density at radius 3 is 3.19 bits per heavy atom. The van der Waals surface area contributed by atoms with Crippen LogP contribution >= 0.6 is 11.8 Å². The predicted molar refractivity (Wildman–Crippen MR) is 65.0 cm³/mol. The molecule has 0 bridgehead atoms. The zero-order valence-electron chi connectivity index (χ0n) is 8.93. The average Bonchev–Trinajstić information content (AvgIpc) is 2.63. The van der Waals surface area contributed by atoms with Crippen molar-refractivity contribution in [2.45, 2.75) is 6.54 Å². The van der Waals surface area contributed by atoms with Gasteiger partial charge in [0, 0.05) is 18.1 Å². The molecule has 0 unspecified atom stereocenters. The number of aromatic nitrogens is 3. The van der Waals surface area contributed by atoms with Gasteiger partial charge in [-0.15, -0.1) is 11.7 Å². The molecule has 0 fully saturated rings. The van der Waals surface area contributed by atoms with E-state index >= 15 is 0 Å². The van der Waals surface area contributed by atoms with Crippen LogP contribution in [0.5, 0.6) is 0 Å². The fourth-order valence-electron chi connectivity index (χ4n) is 1.02. The Kier molecular flexibility index (Phi) is 5.41. The van der Waals surface area contributed by atoms with Crippen molar-refractivity contribution < 1.29 is 4.79 Å². The van der Waals surface area contributed by atoms with E-state index in [-0.39, 0.29) is 18.4 Å². The van der Waals surface area contributed by atoms with Gasteiger partial charge in [0.05, 0.1) is 0 Å². The molecule has 6 nitrogen and oxygen atoms in total. The Bertz CT molecular complexity index is 351. The van der Waals surface area contributed by atoms with E-state index in [1.165, 1.54) is 11.0 Å². The summed E-state index contributed by atoms with van der Waals surface area (Å²) in [6.07, 6.45) is 3.27. The predicted octanol–water partition coefficient (Wildman–Crippen LogP) is -0.104. The lowest BCUT2D eigenvalue weighted by molar-refractivity contribution is -0.121. The van der Waals surface area contributed by atoms with Gasteiger partial charge in [0.15, 0.2) is 0 Å². The number of rotatable bonds is 7. The van der Waals surface area contributed by atoms with E-state index < -0.39 is 0 Å². The molecule has 0 aromatic carbocycles. The molecule has 88 valence electrons. The molecule has 1 heterocycles. The molecule has 0 saturated heterocycles. The molecule has 16 heavy (non-hydrogen) atoms. The third-order valence-electron chi connectivity index (χ3n) is 1.66. The van der Waals surface area contributed by atoms with Crippen LogP contribution < -0.4 is 11.1 Å². The summed E-state index contributed by atoms with van der Waals surface area (Å²) in [5.74, 6) is 1.85. The molecule has 0 saturated carbocycles. The van der Waals surface area contributed by atoms with Crippen molar-refractivity contribution in [3.05, 3.63) is 19.0 Å². The summed E-state index contributed by atoms with van der Waals surface area (Å²) in [4.78, 5) is 15.1. The van der Waals surface area contributed by atoms with Crippen molar-refractivity contribution in [1.82, 2.24) is 20.1 Å². The Balaban J connectivity index is 2.14. The van der Waals surface area contributed by atoms with Crippen molar-refractivity contribution in [2.75, 3.05) is 23.8 Å². The molecule has 0 atom stereocenters. The van der Waals surface area contributed by atoms with Crippen LogP contribution in [0.2, 0.25) is 0 Å². The van der Waals surface area contributed by atoms with Gasteiger partial charge in [-0.25, -0.2) is 9.67 Å². The zero-order valence-corrected chi connectivity index (χ0v) is 9.74. The number of carbonyl (C=O) groups is 1. The summed E-state index contributed by atoms with van der Waals surface area (Å²) in [5.41, 5.74) is 5.32. The second-order valence-corrected chi connectivity index (χ2v) is 4.16. The summed E-state index contributed by atoms with van der Waals surface area (Å²) < 4.78 is 1.40. The van der Waals surface area contributed by atoms with Crippen LogP contribution in [0, 0.1) is 0 Å². The number of nitrogens with two attached hydrogens (primary N) is 1. The highest BCUT2D eigenvalue weighted by molar-refractivity contribution is 7.99. The van der Waals surface area contributed by atoms with E-state index in [9.17, 15) is 4.79 Å². The molecule has 7 heteroatoms. The lowest BCUT2D eigenvalue weighted by Crippen LogP contribution is -2.29.